The van der Waals surface area contributed by atoms with Gasteiger partial charge in [0.25, 0.3) is 5.91 Å². The molecular weight excluding hydrogens is 362 g/mol. The predicted molar refractivity (Wildman–Crippen MR) is 114 cm³/mol. The Bertz CT molecular complexity index is 1070. The fraction of sp³-hybridized carbons (Fsp3) is 0.0833. The third-order valence-electron chi connectivity index (χ3n) is 5.07. The first kappa shape index (κ1) is 18.5. The van der Waals surface area contributed by atoms with Crippen molar-refractivity contribution in [1.29, 1.82) is 5.41 Å². The Morgan fingerprint density at radius 3 is 2.10 bits per heavy atom. The van der Waals surface area contributed by atoms with Gasteiger partial charge in [-0.25, -0.2) is 0 Å². The van der Waals surface area contributed by atoms with Crippen molar-refractivity contribution in [3.05, 3.63) is 107 Å². The number of para-hydroxylation sites is 1. The van der Waals surface area contributed by atoms with Crippen LogP contribution in [-0.4, -0.2) is 18.7 Å². The zero-order valence-corrected chi connectivity index (χ0v) is 16.0. The quantitative estimate of drug-likeness (QED) is 0.652. The molecule has 1 heterocycles. The molecule has 0 spiro atoms. The van der Waals surface area contributed by atoms with Gasteiger partial charge in [-0.2, -0.15) is 0 Å². The average molecular weight is 383 g/mol. The van der Waals surface area contributed by atoms with Gasteiger partial charge in [-0.15, -0.1) is 0 Å². The van der Waals surface area contributed by atoms with Crippen LogP contribution in [0.4, 0.5) is 5.69 Å². The standard InChI is InChI=1S/C24H21N3O2/c1-29-19-14-12-16(13-15-19)21(25)20-22(26)24(28)27(18-10-6-3-7-11-18)23(20)17-8-4-2-5-9-17/h2-15,23,25H,26H2,1H3. The number of ether oxygens (including phenoxy) is 1. The molecule has 3 aromatic rings. The van der Waals surface area contributed by atoms with Crippen LogP contribution in [-0.2, 0) is 4.79 Å². The molecule has 3 N–H and O–H groups in total. The van der Waals surface area contributed by atoms with Crippen LogP contribution in [0.3, 0.4) is 0 Å². The van der Waals surface area contributed by atoms with Gasteiger partial charge in [0.2, 0.25) is 0 Å². The summed E-state index contributed by atoms with van der Waals surface area (Å²) >= 11 is 0. The minimum Gasteiger partial charge on any atom is -0.497 e. The van der Waals surface area contributed by atoms with Crippen molar-refractivity contribution < 1.29 is 9.53 Å². The monoisotopic (exact) mass is 383 g/mol. The van der Waals surface area contributed by atoms with Gasteiger partial charge in [0.05, 0.1) is 18.9 Å². The van der Waals surface area contributed by atoms with Crippen LogP contribution < -0.4 is 15.4 Å². The number of hydrogen-bond acceptors (Lipinski definition) is 4. The third-order valence-corrected chi connectivity index (χ3v) is 5.07. The summed E-state index contributed by atoms with van der Waals surface area (Å²) in [4.78, 5) is 14.8. The molecule has 3 aromatic carbocycles. The van der Waals surface area contributed by atoms with Crippen molar-refractivity contribution in [2.75, 3.05) is 12.0 Å². The molecule has 0 bridgehead atoms. The van der Waals surface area contributed by atoms with Gasteiger partial charge < -0.3 is 10.5 Å². The van der Waals surface area contributed by atoms with E-state index < -0.39 is 6.04 Å². The topological polar surface area (TPSA) is 79.4 Å². The molecule has 1 aliphatic heterocycles. The molecule has 1 amide bonds. The molecule has 144 valence electrons. The number of hydrogen-bond donors (Lipinski definition) is 2. The van der Waals surface area contributed by atoms with E-state index in [1.54, 1.807) is 36.3 Å². The summed E-state index contributed by atoms with van der Waals surface area (Å²) in [7, 11) is 1.60. The maximum Gasteiger partial charge on any atom is 0.275 e. The highest BCUT2D eigenvalue weighted by molar-refractivity contribution is 6.22. The summed E-state index contributed by atoms with van der Waals surface area (Å²) in [5.41, 5.74) is 9.45. The van der Waals surface area contributed by atoms with Crippen molar-refractivity contribution in [2.45, 2.75) is 6.04 Å². The van der Waals surface area contributed by atoms with Gasteiger partial charge in [0, 0.05) is 16.8 Å². The van der Waals surface area contributed by atoms with E-state index in [1.165, 1.54) is 0 Å². The number of methoxy groups -OCH3 is 1. The summed E-state index contributed by atoms with van der Waals surface area (Å²) in [5, 5.41) is 8.85. The molecule has 1 atom stereocenters. The fourth-order valence-corrected chi connectivity index (χ4v) is 3.63. The highest BCUT2D eigenvalue weighted by atomic mass is 16.5. The molecule has 0 fully saturated rings. The molecule has 29 heavy (non-hydrogen) atoms. The maximum atomic E-state index is 13.2. The number of nitrogens with one attached hydrogen (secondary N) is 1. The SMILES string of the molecule is COc1ccc(C(=N)C2=C(N)C(=O)N(c3ccccc3)C2c2ccccc2)cc1. The molecule has 0 aliphatic carbocycles. The second-order valence-electron chi connectivity index (χ2n) is 6.75. The zero-order valence-electron chi connectivity index (χ0n) is 16.0. The van der Waals surface area contributed by atoms with E-state index in [-0.39, 0.29) is 17.3 Å². The first-order valence-electron chi connectivity index (χ1n) is 9.28. The number of carbonyl (C=O) groups is 1. The van der Waals surface area contributed by atoms with Gasteiger partial charge in [-0.3, -0.25) is 15.1 Å². The summed E-state index contributed by atoms with van der Waals surface area (Å²) < 4.78 is 5.21. The van der Waals surface area contributed by atoms with E-state index in [1.807, 2.05) is 60.7 Å². The van der Waals surface area contributed by atoms with Crippen LogP contribution in [0.1, 0.15) is 17.2 Å². The Hall–Kier alpha value is -3.86. The minimum absolute atomic E-state index is 0.100. The Morgan fingerprint density at radius 2 is 1.52 bits per heavy atom. The number of rotatable bonds is 5. The van der Waals surface area contributed by atoms with Crippen LogP contribution in [0, 0.1) is 5.41 Å². The van der Waals surface area contributed by atoms with Crippen LogP contribution in [0.15, 0.2) is 96.2 Å². The van der Waals surface area contributed by atoms with Crippen molar-refractivity contribution in [3.8, 4) is 5.75 Å². The average Bonchev–Trinajstić information content (AvgIpc) is 3.05. The molecular formula is C24H21N3O2. The van der Waals surface area contributed by atoms with Gasteiger partial charge in [0.15, 0.2) is 0 Å². The lowest BCUT2D eigenvalue weighted by molar-refractivity contribution is -0.114. The van der Waals surface area contributed by atoms with Gasteiger partial charge in [-0.05, 0) is 42.0 Å². The van der Waals surface area contributed by atoms with Gasteiger partial charge in [0.1, 0.15) is 11.4 Å². The summed E-state index contributed by atoms with van der Waals surface area (Å²) in [5.74, 6) is 0.412. The van der Waals surface area contributed by atoms with Crippen molar-refractivity contribution in [1.82, 2.24) is 0 Å². The van der Waals surface area contributed by atoms with Crippen molar-refractivity contribution in [3.63, 3.8) is 0 Å². The molecule has 1 unspecified atom stereocenters. The van der Waals surface area contributed by atoms with E-state index >= 15 is 0 Å². The zero-order chi connectivity index (χ0) is 20.4. The van der Waals surface area contributed by atoms with Crippen LogP contribution in [0.25, 0.3) is 0 Å². The molecule has 0 aromatic heterocycles. The number of benzene rings is 3. The molecule has 1 aliphatic rings. The lowest BCUT2D eigenvalue weighted by Crippen LogP contribution is -2.31. The normalized spacial score (nSPS) is 16.2. The molecule has 0 saturated heterocycles. The molecule has 0 saturated carbocycles. The van der Waals surface area contributed by atoms with Crippen molar-refractivity contribution >= 4 is 17.3 Å². The van der Waals surface area contributed by atoms with E-state index in [0.29, 0.717) is 16.9 Å². The number of anilines is 1. The highest BCUT2D eigenvalue weighted by Gasteiger charge is 2.41. The highest BCUT2D eigenvalue weighted by Crippen LogP contribution is 2.41. The maximum absolute atomic E-state index is 13.2. The van der Waals surface area contributed by atoms with E-state index in [4.69, 9.17) is 15.9 Å². The summed E-state index contributed by atoms with van der Waals surface area (Å²) in [6.07, 6.45) is 0. The van der Waals surface area contributed by atoms with E-state index in [0.717, 1.165) is 11.3 Å². The summed E-state index contributed by atoms with van der Waals surface area (Å²) in [6, 6.07) is 25.8. The van der Waals surface area contributed by atoms with Gasteiger partial charge >= 0.3 is 0 Å². The predicted octanol–water partition coefficient (Wildman–Crippen LogP) is 4.06. The van der Waals surface area contributed by atoms with Crippen LogP contribution >= 0.6 is 0 Å². The second kappa shape index (κ2) is 7.64. The smallest absolute Gasteiger partial charge is 0.275 e. The first-order chi connectivity index (χ1) is 14.1. The third kappa shape index (κ3) is 3.27. The molecule has 5 nitrogen and oxygen atoms in total. The Morgan fingerprint density at radius 1 is 0.931 bits per heavy atom. The Balaban J connectivity index is 1.83. The summed E-state index contributed by atoms with van der Waals surface area (Å²) in [6.45, 7) is 0. The fourth-order valence-electron chi connectivity index (χ4n) is 3.63. The second-order valence-corrected chi connectivity index (χ2v) is 6.75. The minimum atomic E-state index is -0.472. The lowest BCUT2D eigenvalue weighted by atomic mass is 9.91. The largest absolute Gasteiger partial charge is 0.497 e. The molecule has 4 rings (SSSR count). The first-order valence-corrected chi connectivity index (χ1v) is 9.28. The van der Waals surface area contributed by atoms with Crippen molar-refractivity contribution in [2.24, 2.45) is 5.73 Å². The van der Waals surface area contributed by atoms with Crippen LogP contribution in [0.2, 0.25) is 0 Å². The molecule has 5 heteroatoms. The number of carbonyl (C=O) groups excluding carboxylic acids is 1. The Labute approximate surface area is 169 Å². The number of nitrogens with two attached hydrogens (primary N) is 1. The lowest BCUT2D eigenvalue weighted by Gasteiger charge is -2.28. The number of amides is 1. The molecule has 0 radical (unpaired) electrons. The number of nitrogens with zero attached hydrogens (tertiary/aromatic N) is 1. The van der Waals surface area contributed by atoms with Crippen LogP contribution in [0.5, 0.6) is 5.75 Å². The van der Waals surface area contributed by atoms with E-state index in [2.05, 4.69) is 0 Å². The van der Waals surface area contributed by atoms with E-state index in [9.17, 15) is 4.79 Å². The Kier molecular flexibility index (Phi) is 4.87. The van der Waals surface area contributed by atoms with Gasteiger partial charge in [-0.1, -0.05) is 48.5 Å².